The van der Waals surface area contributed by atoms with E-state index in [1.807, 2.05) is 12.1 Å². The number of hydrogen-bond acceptors (Lipinski definition) is 2. The van der Waals surface area contributed by atoms with Gasteiger partial charge in [0.25, 0.3) is 5.91 Å². The Kier molecular flexibility index (Phi) is 5.51. The van der Waals surface area contributed by atoms with Gasteiger partial charge in [-0.1, -0.05) is 44.7 Å². The van der Waals surface area contributed by atoms with Crippen LogP contribution in [-0.2, 0) is 0 Å². The number of hydrogen-bond donors (Lipinski definition) is 1. The minimum absolute atomic E-state index is 0.0804. The molecule has 21 heavy (non-hydrogen) atoms. The zero-order chi connectivity index (χ0) is 15.4. The molecule has 4 heteroatoms. The van der Waals surface area contributed by atoms with Gasteiger partial charge in [-0.2, -0.15) is 0 Å². The van der Waals surface area contributed by atoms with E-state index < -0.39 is 0 Å². The van der Waals surface area contributed by atoms with Gasteiger partial charge in [-0.15, -0.1) is 0 Å². The first-order chi connectivity index (χ1) is 10.0. The second-order valence-corrected chi connectivity index (χ2v) is 6.45. The van der Waals surface area contributed by atoms with Crippen molar-refractivity contribution in [2.75, 3.05) is 7.11 Å². The Morgan fingerprint density at radius 3 is 2.52 bits per heavy atom. The summed E-state index contributed by atoms with van der Waals surface area (Å²) in [6.45, 7) is 4.17. The van der Waals surface area contributed by atoms with Gasteiger partial charge in [0.2, 0.25) is 0 Å². The van der Waals surface area contributed by atoms with Crippen molar-refractivity contribution in [3.8, 4) is 5.75 Å². The second-order valence-electron chi connectivity index (χ2n) is 6.05. The minimum atomic E-state index is -0.0804. The molecule has 0 aliphatic heterocycles. The molecule has 1 saturated carbocycles. The fourth-order valence-electron chi connectivity index (χ4n) is 2.83. The summed E-state index contributed by atoms with van der Waals surface area (Å²) in [5.74, 6) is 0.701. The van der Waals surface area contributed by atoms with Gasteiger partial charge in [0, 0.05) is 6.04 Å². The number of methoxy groups -OCH3 is 1. The van der Waals surface area contributed by atoms with Crippen LogP contribution in [-0.4, -0.2) is 19.1 Å². The van der Waals surface area contributed by atoms with Gasteiger partial charge in [-0.3, -0.25) is 4.79 Å². The van der Waals surface area contributed by atoms with Crippen LogP contribution < -0.4 is 10.1 Å². The summed E-state index contributed by atoms with van der Waals surface area (Å²) in [7, 11) is 1.55. The fourth-order valence-corrected chi connectivity index (χ4v) is 3.14. The van der Waals surface area contributed by atoms with Crippen LogP contribution in [0.5, 0.6) is 5.75 Å². The van der Waals surface area contributed by atoms with Gasteiger partial charge in [0.1, 0.15) is 5.75 Å². The smallest absolute Gasteiger partial charge is 0.255 e. The number of carbonyl (C=O) groups is 1. The Hall–Kier alpha value is -1.22. The molecule has 0 atom stereocenters. The number of carbonyl (C=O) groups excluding carboxylic acids is 1. The predicted octanol–water partition coefficient (Wildman–Crippen LogP) is 4.53. The third-order valence-electron chi connectivity index (χ3n) is 4.12. The molecule has 116 valence electrons. The lowest BCUT2D eigenvalue weighted by molar-refractivity contribution is 0.0924. The van der Waals surface area contributed by atoms with Crippen LogP contribution in [0.3, 0.4) is 0 Å². The van der Waals surface area contributed by atoms with E-state index >= 15 is 0 Å². The highest BCUT2D eigenvalue weighted by molar-refractivity contribution is 6.32. The van der Waals surface area contributed by atoms with Crippen molar-refractivity contribution in [3.63, 3.8) is 0 Å². The third-order valence-corrected chi connectivity index (χ3v) is 4.40. The van der Waals surface area contributed by atoms with Crippen molar-refractivity contribution in [1.82, 2.24) is 5.32 Å². The zero-order valence-electron chi connectivity index (χ0n) is 13.0. The molecule has 1 aromatic rings. The first kappa shape index (κ1) is 16.2. The molecule has 0 saturated heterocycles. The molecule has 2 rings (SSSR count). The Bertz CT molecular complexity index is 508. The SMILES string of the molecule is COc1c(Cl)cc(C(C)C)cc1C(=O)NC1CCCCC1. The largest absolute Gasteiger partial charge is 0.494 e. The van der Waals surface area contributed by atoms with Gasteiger partial charge in [0.15, 0.2) is 0 Å². The van der Waals surface area contributed by atoms with Crippen molar-refractivity contribution in [2.24, 2.45) is 0 Å². The van der Waals surface area contributed by atoms with Crippen molar-refractivity contribution < 1.29 is 9.53 Å². The summed E-state index contributed by atoms with van der Waals surface area (Å²) >= 11 is 6.26. The van der Waals surface area contributed by atoms with Crippen LogP contribution in [0.25, 0.3) is 0 Å². The molecule has 1 N–H and O–H groups in total. The summed E-state index contributed by atoms with van der Waals surface area (Å²) in [5.41, 5.74) is 1.59. The molecule has 0 radical (unpaired) electrons. The number of ether oxygens (including phenoxy) is 1. The van der Waals surface area contributed by atoms with E-state index in [0.717, 1.165) is 18.4 Å². The summed E-state index contributed by atoms with van der Waals surface area (Å²) in [4.78, 5) is 12.6. The predicted molar refractivity (Wildman–Crippen MR) is 86.4 cm³/mol. The molecule has 0 heterocycles. The number of halogens is 1. The van der Waals surface area contributed by atoms with Crippen molar-refractivity contribution in [3.05, 3.63) is 28.3 Å². The zero-order valence-corrected chi connectivity index (χ0v) is 13.8. The van der Waals surface area contributed by atoms with Gasteiger partial charge in [-0.05, 0) is 36.5 Å². The highest BCUT2D eigenvalue weighted by atomic mass is 35.5. The average Bonchev–Trinajstić information content (AvgIpc) is 2.47. The van der Waals surface area contributed by atoms with Crippen molar-refractivity contribution >= 4 is 17.5 Å². The summed E-state index contributed by atoms with van der Waals surface area (Å²) in [6, 6.07) is 4.05. The van der Waals surface area contributed by atoms with Crippen LogP contribution in [0, 0.1) is 0 Å². The molecule has 1 fully saturated rings. The van der Waals surface area contributed by atoms with E-state index in [1.54, 1.807) is 7.11 Å². The third kappa shape index (κ3) is 3.91. The molecule has 1 aromatic carbocycles. The van der Waals surface area contributed by atoms with Gasteiger partial charge >= 0.3 is 0 Å². The quantitative estimate of drug-likeness (QED) is 0.887. The molecule has 0 spiro atoms. The monoisotopic (exact) mass is 309 g/mol. The Balaban J connectivity index is 2.25. The molecular formula is C17H24ClNO2. The Morgan fingerprint density at radius 1 is 1.29 bits per heavy atom. The Labute approximate surface area is 132 Å². The van der Waals surface area contributed by atoms with E-state index in [-0.39, 0.29) is 11.9 Å². The van der Waals surface area contributed by atoms with E-state index in [1.165, 1.54) is 19.3 Å². The van der Waals surface area contributed by atoms with Crippen LogP contribution in [0.2, 0.25) is 5.02 Å². The molecule has 0 bridgehead atoms. The summed E-state index contributed by atoms with van der Waals surface area (Å²) < 4.78 is 5.33. The van der Waals surface area contributed by atoms with Crippen LogP contribution >= 0.6 is 11.6 Å². The number of amides is 1. The first-order valence-electron chi connectivity index (χ1n) is 7.71. The van der Waals surface area contributed by atoms with E-state index in [4.69, 9.17) is 16.3 Å². The molecule has 1 amide bonds. The van der Waals surface area contributed by atoms with E-state index in [0.29, 0.717) is 22.3 Å². The minimum Gasteiger partial charge on any atom is -0.494 e. The van der Waals surface area contributed by atoms with Crippen LogP contribution in [0.1, 0.15) is 67.8 Å². The molecule has 0 unspecified atom stereocenters. The molecule has 1 aliphatic rings. The standard InChI is InChI=1S/C17H24ClNO2/c1-11(2)12-9-14(16(21-3)15(18)10-12)17(20)19-13-7-5-4-6-8-13/h9-11,13H,4-8H2,1-3H3,(H,19,20). The van der Waals surface area contributed by atoms with E-state index in [2.05, 4.69) is 19.2 Å². The highest BCUT2D eigenvalue weighted by Crippen LogP contribution is 2.33. The normalized spacial score (nSPS) is 16.0. The highest BCUT2D eigenvalue weighted by Gasteiger charge is 2.21. The molecule has 3 nitrogen and oxygen atoms in total. The van der Waals surface area contributed by atoms with Crippen molar-refractivity contribution in [2.45, 2.75) is 57.9 Å². The maximum atomic E-state index is 12.6. The van der Waals surface area contributed by atoms with E-state index in [9.17, 15) is 4.79 Å². The van der Waals surface area contributed by atoms with Gasteiger partial charge in [-0.25, -0.2) is 0 Å². The maximum absolute atomic E-state index is 12.6. The lowest BCUT2D eigenvalue weighted by Crippen LogP contribution is -2.36. The molecule has 0 aromatic heterocycles. The lowest BCUT2D eigenvalue weighted by Gasteiger charge is -2.23. The number of rotatable bonds is 4. The number of nitrogens with one attached hydrogen (secondary N) is 1. The first-order valence-corrected chi connectivity index (χ1v) is 8.09. The second kappa shape index (κ2) is 7.17. The number of benzene rings is 1. The van der Waals surface area contributed by atoms with Crippen LogP contribution in [0.15, 0.2) is 12.1 Å². The van der Waals surface area contributed by atoms with Crippen LogP contribution in [0.4, 0.5) is 0 Å². The lowest BCUT2D eigenvalue weighted by atomic mass is 9.95. The average molecular weight is 310 g/mol. The van der Waals surface area contributed by atoms with Gasteiger partial charge in [0.05, 0.1) is 17.7 Å². The topological polar surface area (TPSA) is 38.3 Å². The van der Waals surface area contributed by atoms with Crippen molar-refractivity contribution in [1.29, 1.82) is 0 Å². The summed E-state index contributed by atoms with van der Waals surface area (Å²) in [6.07, 6.45) is 5.77. The molecular weight excluding hydrogens is 286 g/mol. The Morgan fingerprint density at radius 2 is 1.95 bits per heavy atom. The van der Waals surface area contributed by atoms with Gasteiger partial charge < -0.3 is 10.1 Å². The summed E-state index contributed by atoms with van der Waals surface area (Å²) in [5, 5.41) is 3.62. The molecule has 1 aliphatic carbocycles. The maximum Gasteiger partial charge on any atom is 0.255 e. The fraction of sp³-hybridized carbons (Fsp3) is 0.588.